The third-order valence-corrected chi connectivity index (χ3v) is 4.46. The van der Waals surface area contributed by atoms with Crippen molar-refractivity contribution in [1.82, 2.24) is 10.0 Å². The van der Waals surface area contributed by atoms with E-state index in [0.29, 0.717) is 12.5 Å². The second-order valence-corrected chi connectivity index (χ2v) is 6.48. The fraction of sp³-hybridized carbons (Fsp3) is 0.462. The first-order valence-electron chi connectivity index (χ1n) is 6.39. The number of hydrogen-bond acceptors (Lipinski definition) is 3. The van der Waals surface area contributed by atoms with Crippen LogP contribution in [0, 0.1) is 5.92 Å². The number of carbonyl (C=O) groups excluding carboxylic acids is 1. The molecule has 1 fully saturated rings. The Labute approximate surface area is 113 Å². The highest BCUT2D eigenvalue weighted by Crippen LogP contribution is 2.27. The third-order valence-electron chi connectivity index (χ3n) is 2.98. The molecule has 6 heteroatoms. The molecular weight excluding hydrogens is 264 g/mol. The van der Waals surface area contributed by atoms with Gasteiger partial charge in [-0.15, -0.1) is 0 Å². The van der Waals surface area contributed by atoms with Crippen LogP contribution in [0.1, 0.15) is 19.3 Å². The molecule has 1 aliphatic rings. The van der Waals surface area contributed by atoms with Gasteiger partial charge in [-0.05, 0) is 30.9 Å². The summed E-state index contributed by atoms with van der Waals surface area (Å²) in [7, 11) is -3.50. The Morgan fingerprint density at radius 2 is 1.89 bits per heavy atom. The molecule has 1 aromatic carbocycles. The van der Waals surface area contributed by atoms with Crippen LogP contribution in [0.3, 0.4) is 0 Å². The molecule has 0 aliphatic heterocycles. The Morgan fingerprint density at radius 1 is 1.21 bits per heavy atom. The van der Waals surface area contributed by atoms with Gasteiger partial charge in [-0.25, -0.2) is 13.1 Å². The highest BCUT2D eigenvalue weighted by atomic mass is 32.2. The van der Waals surface area contributed by atoms with Crippen molar-refractivity contribution in [2.24, 2.45) is 5.92 Å². The first-order chi connectivity index (χ1) is 9.08. The number of nitrogens with one attached hydrogen (secondary N) is 2. The standard InChI is InChI=1S/C13H18N2O3S/c16-13(14-10-11-6-7-11)8-9-15-19(17,18)12-4-2-1-3-5-12/h1-5,11,15H,6-10H2,(H,14,16). The molecule has 5 nitrogen and oxygen atoms in total. The Kier molecular flexibility index (Phi) is 4.55. The topological polar surface area (TPSA) is 75.3 Å². The summed E-state index contributed by atoms with van der Waals surface area (Å²) in [4.78, 5) is 11.7. The van der Waals surface area contributed by atoms with E-state index in [9.17, 15) is 13.2 Å². The zero-order valence-corrected chi connectivity index (χ0v) is 11.4. The molecule has 2 rings (SSSR count). The summed E-state index contributed by atoms with van der Waals surface area (Å²) in [6.45, 7) is 0.831. The molecule has 2 N–H and O–H groups in total. The van der Waals surface area contributed by atoms with E-state index in [1.54, 1.807) is 18.2 Å². The van der Waals surface area contributed by atoms with Crippen LogP contribution in [-0.4, -0.2) is 27.4 Å². The summed E-state index contributed by atoms with van der Waals surface area (Å²) in [5.74, 6) is 0.521. The van der Waals surface area contributed by atoms with E-state index >= 15 is 0 Å². The van der Waals surface area contributed by atoms with Crippen LogP contribution in [-0.2, 0) is 14.8 Å². The first kappa shape index (κ1) is 14.0. The van der Waals surface area contributed by atoms with Gasteiger partial charge in [0, 0.05) is 19.5 Å². The van der Waals surface area contributed by atoms with E-state index in [2.05, 4.69) is 10.0 Å². The summed E-state index contributed by atoms with van der Waals surface area (Å²) in [5.41, 5.74) is 0. The predicted molar refractivity (Wildman–Crippen MR) is 72.0 cm³/mol. The molecule has 104 valence electrons. The zero-order chi connectivity index (χ0) is 13.7. The van der Waals surface area contributed by atoms with Crippen molar-refractivity contribution in [2.75, 3.05) is 13.1 Å². The highest BCUT2D eigenvalue weighted by molar-refractivity contribution is 7.89. The SMILES string of the molecule is O=C(CCNS(=O)(=O)c1ccccc1)NCC1CC1. The maximum atomic E-state index is 11.8. The molecule has 0 saturated heterocycles. The van der Waals surface area contributed by atoms with Gasteiger partial charge >= 0.3 is 0 Å². The predicted octanol–water partition coefficient (Wildman–Crippen LogP) is 0.881. The van der Waals surface area contributed by atoms with Crippen LogP contribution in [0.5, 0.6) is 0 Å². The first-order valence-corrected chi connectivity index (χ1v) is 7.87. The molecule has 1 aromatic rings. The van der Waals surface area contributed by atoms with Crippen molar-refractivity contribution in [3.8, 4) is 0 Å². The van der Waals surface area contributed by atoms with Crippen molar-refractivity contribution in [2.45, 2.75) is 24.2 Å². The molecule has 0 radical (unpaired) electrons. The van der Waals surface area contributed by atoms with Crippen molar-refractivity contribution in [1.29, 1.82) is 0 Å². The Balaban J connectivity index is 1.73. The summed E-state index contributed by atoms with van der Waals surface area (Å²) in [5, 5.41) is 2.80. The van der Waals surface area contributed by atoms with Crippen LogP contribution < -0.4 is 10.0 Å². The molecule has 0 unspecified atom stereocenters. The molecule has 1 amide bonds. The van der Waals surface area contributed by atoms with Crippen LogP contribution in [0.2, 0.25) is 0 Å². The minimum atomic E-state index is -3.50. The van der Waals surface area contributed by atoms with Crippen LogP contribution >= 0.6 is 0 Å². The number of carbonyl (C=O) groups is 1. The maximum Gasteiger partial charge on any atom is 0.240 e. The van der Waals surface area contributed by atoms with E-state index in [1.807, 2.05) is 0 Å². The summed E-state index contributed by atoms with van der Waals surface area (Å²) >= 11 is 0. The Hall–Kier alpha value is -1.40. The molecule has 0 spiro atoms. The van der Waals surface area contributed by atoms with Gasteiger partial charge in [-0.2, -0.15) is 0 Å². The van der Waals surface area contributed by atoms with Crippen molar-refractivity contribution >= 4 is 15.9 Å². The van der Waals surface area contributed by atoms with Gasteiger partial charge < -0.3 is 5.32 Å². The molecule has 1 aliphatic carbocycles. The van der Waals surface area contributed by atoms with Crippen molar-refractivity contribution < 1.29 is 13.2 Å². The average molecular weight is 282 g/mol. The molecular formula is C13H18N2O3S. The zero-order valence-electron chi connectivity index (χ0n) is 10.6. The van der Waals surface area contributed by atoms with Gasteiger partial charge in [0.1, 0.15) is 0 Å². The van der Waals surface area contributed by atoms with Gasteiger partial charge in [0.25, 0.3) is 0 Å². The summed E-state index contributed by atoms with van der Waals surface area (Å²) in [6, 6.07) is 8.13. The normalized spacial score (nSPS) is 15.2. The van der Waals surface area contributed by atoms with Crippen molar-refractivity contribution in [3.05, 3.63) is 30.3 Å². The monoisotopic (exact) mass is 282 g/mol. The number of benzene rings is 1. The molecule has 19 heavy (non-hydrogen) atoms. The van der Waals surface area contributed by atoms with E-state index in [4.69, 9.17) is 0 Å². The summed E-state index contributed by atoms with van der Waals surface area (Å²) in [6.07, 6.45) is 2.53. The van der Waals surface area contributed by atoms with Gasteiger partial charge in [0.2, 0.25) is 15.9 Å². The van der Waals surface area contributed by atoms with Gasteiger partial charge in [0.15, 0.2) is 0 Å². The lowest BCUT2D eigenvalue weighted by molar-refractivity contribution is -0.120. The van der Waals surface area contributed by atoms with Gasteiger partial charge in [0.05, 0.1) is 4.90 Å². The lowest BCUT2D eigenvalue weighted by Crippen LogP contribution is -2.31. The third kappa shape index (κ3) is 4.65. The molecule has 0 atom stereocenters. The van der Waals surface area contributed by atoms with Crippen LogP contribution in [0.25, 0.3) is 0 Å². The largest absolute Gasteiger partial charge is 0.356 e. The molecule has 0 heterocycles. The highest BCUT2D eigenvalue weighted by Gasteiger charge is 2.21. The lowest BCUT2D eigenvalue weighted by atomic mass is 10.3. The fourth-order valence-electron chi connectivity index (χ4n) is 1.65. The Morgan fingerprint density at radius 3 is 2.53 bits per heavy atom. The summed E-state index contributed by atoms with van der Waals surface area (Å²) < 4.78 is 26.1. The van der Waals surface area contributed by atoms with Gasteiger partial charge in [-0.1, -0.05) is 18.2 Å². The van der Waals surface area contributed by atoms with Crippen LogP contribution in [0.4, 0.5) is 0 Å². The maximum absolute atomic E-state index is 11.8. The number of sulfonamides is 1. The van der Waals surface area contributed by atoms with Crippen LogP contribution in [0.15, 0.2) is 35.2 Å². The number of amides is 1. The average Bonchev–Trinajstić information content (AvgIpc) is 3.21. The molecule has 0 aromatic heterocycles. The van der Waals surface area contributed by atoms with E-state index < -0.39 is 10.0 Å². The van der Waals surface area contributed by atoms with Gasteiger partial charge in [-0.3, -0.25) is 4.79 Å². The number of rotatable bonds is 7. The fourth-order valence-corrected chi connectivity index (χ4v) is 2.70. The molecule has 0 bridgehead atoms. The number of hydrogen-bond donors (Lipinski definition) is 2. The Bertz CT molecular complexity index is 524. The second-order valence-electron chi connectivity index (χ2n) is 4.71. The minimum absolute atomic E-state index is 0.109. The quantitative estimate of drug-likeness (QED) is 0.779. The minimum Gasteiger partial charge on any atom is -0.356 e. The smallest absolute Gasteiger partial charge is 0.240 e. The van der Waals surface area contributed by atoms with E-state index in [0.717, 1.165) is 0 Å². The van der Waals surface area contributed by atoms with E-state index in [-0.39, 0.29) is 23.8 Å². The van der Waals surface area contributed by atoms with Crippen molar-refractivity contribution in [3.63, 3.8) is 0 Å². The van der Waals surface area contributed by atoms with E-state index in [1.165, 1.54) is 25.0 Å². The second kappa shape index (κ2) is 6.16. The lowest BCUT2D eigenvalue weighted by Gasteiger charge is -2.07. The molecule has 1 saturated carbocycles.